The van der Waals surface area contributed by atoms with Crippen molar-refractivity contribution >= 4 is 11.6 Å². The summed E-state index contributed by atoms with van der Waals surface area (Å²) in [5.41, 5.74) is 7.58. The fourth-order valence-corrected chi connectivity index (χ4v) is 3.17. The van der Waals surface area contributed by atoms with Crippen LogP contribution in [0.5, 0.6) is 0 Å². The highest BCUT2D eigenvalue weighted by Crippen LogP contribution is 2.32. The fraction of sp³-hybridized carbons (Fsp3) is 0.600. The Morgan fingerprint density at radius 2 is 2.18 bits per heavy atom. The molecular weight excluding hydrogens is 230 g/mol. The third-order valence-corrected chi connectivity index (χ3v) is 4.35. The van der Waals surface area contributed by atoms with E-state index in [4.69, 9.17) is 17.3 Å². The summed E-state index contributed by atoms with van der Waals surface area (Å²) in [6.07, 6.45) is 6.15. The zero-order valence-corrected chi connectivity index (χ0v) is 11.3. The SMILES string of the molecule is CCC1CCC(N)C(Cc2cccc(Cl)c2)C1. The largest absolute Gasteiger partial charge is 0.327 e. The van der Waals surface area contributed by atoms with Gasteiger partial charge in [-0.05, 0) is 55.2 Å². The Morgan fingerprint density at radius 1 is 1.35 bits per heavy atom. The predicted octanol–water partition coefficient (Wildman–Crippen LogP) is 4.04. The Labute approximate surface area is 109 Å². The molecule has 0 heterocycles. The molecule has 2 N–H and O–H groups in total. The smallest absolute Gasteiger partial charge is 0.0408 e. The number of halogens is 1. The Balaban J connectivity index is 2.01. The van der Waals surface area contributed by atoms with Gasteiger partial charge in [0.05, 0.1) is 0 Å². The Hall–Kier alpha value is -0.530. The molecule has 1 aromatic rings. The van der Waals surface area contributed by atoms with Crippen LogP contribution >= 0.6 is 11.6 Å². The highest BCUT2D eigenvalue weighted by molar-refractivity contribution is 6.30. The van der Waals surface area contributed by atoms with E-state index >= 15 is 0 Å². The van der Waals surface area contributed by atoms with Gasteiger partial charge in [0.15, 0.2) is 0 Å². The van der Waals surface area contributed by atoms with Gasteiger partial charge in [0.2, 0.25) is 0 Å². The van der Waals surface area contributed by atoms with Gasteiger partial charge in [0, 0.05) is 11.1 Å². The van der Waals surface area contributed by atoms with Gasteiger partial charge in [0.1, 0.15) is 0 Å². The van der Waals surface area contributed by atoms with E-state index in [2.05, 4.69) is 19.1 Å². The first-order chi connectivity index (χ1) is 8.19. The molecule has 1 aliphatic carbocycles. The summed E-state index contributed by atoms with van der Waals surface area (Å²) in [4.78, 5) is 0. The van der Waals surface area contributed by atoms with Gasteiger partial charge >= 0.3 is 0 Å². The summed E-state index contributed by atoms with van der Waals surface area (Å²) >= 11 is 6.02. The minimum atomic E-state index is 0.372. The number of nitrogens with two attached hydrogens (primary N) is 1. The molecule has 3 unspecified atom stereocenters. The van der Waals surface area contributed by atoms with Crippen molar-refractivity contribution < 1.29 is 0 Å². The molecule has 94 valence electrons. The maximum absolute atomic E-state index is 6.25. The van der Waals surface area contributed by atoms with Crippen LogP contribution in [0.1, 0.15) is 38.2 Å². The summed E-state index contributed by atoms with van der Waals surface area (Å²) in [5, 5.41) is 0.832. The van der Waals surface area contributed by atoms with E-state index in [0.29, 0.717) is 12.0 Å². The molecule has 3 atom stereocenters. The number of hydrogen-bond acceptors (Lipinski definition) is 1. The van der Waals surface area contributed by atoms with E-state index < -0.39 is 0 Å². The quantitative estimate of drug-likeness (QED) is 0.862. The van der Waals surface area contributed by atoms with E-state index in [1.807, 2.05) is 12.1 Å². The molecular formula is C15H22ClN. The lowest BCUT2D eigenvalue weighted by atomic mass is 9.75. The van der Waals surface area contributed by atoms with Crippen molar-refractivity contribution in [3.8, 4) is 0 Å². The summed E-state index contributed by atoms with van der Waals surface area (Å²) in [6.45, 7) is 2.29. The van der Waals surface area contributed by atoms with Gasteiger partial charge in [-0.1, -0.05) is 37.1 Å². The van der Waals surface area contributed by atoms with Crippen molar-refractivity contribution in [2.75, 3.05) is 0 Å². The molecule has 2 rings (SSSR count). The zero-order chi connectivity index (χ0) is 12.3. The minimum Gasteiger partial charge on any atom is -0.327 e. The number of rotatable bonds is 3. The van der Waals surface area contributed by atoms with Gasteiger partial charge in [-0.25, -0.2) is 0 Å². The van der Waals surface area contributed by atoms with Crippen molar-refractivity contribution in [3.05, 3.63) is 34.9 Å². The van der Waals surface area contributed by atoms with Crippen molar-refractivity contribution in [1.82, 2.24) is 0 Å². The topological polar surface area (TPSA) is 26.0 Å². The predicted molar refractivity (Wildman–Crippen MR) is 74.3 cm³/mol. The van der Waals surface area contributed by atoms with Gasteiger partial charge in [-0.15, -0.1) is 0 Å². The molecule has 1 fully saturated rings. The van der Waals surface area contributed by atoms with Crippen LogP contribution in [0, 0.1) is 11.8 Å². The molecule has 0 radical (unpaired) electrons. The van der Waals surface area contributed by atoms with Crippen LogP contribution in [0.15, 0.2) is 24.3 Å². The van der Waals surface area contributed by atoms with Gasteiger partial charge in [0.25, 0.3) is 0 Å². The summed E-state index contributed by atoms with van der Waals surface area (Å²) in [5.74, 6) is 1.51. The van der Waals surface area contributed by atoms with Crippen LogP contribution in [0.2, 0.25) is 5.02 Å². The van der Waals surface area contributed by atoms with E-state index in [-0.39, 0.29) is 0 Å². The lowest BCUT2D eigenvalue weighted by Gasteiger charge is -2.34. The standard InChI is InChI=1S/C15H22ClN/c1-2-11-6-7-15(17)13(8-11)9-12-4-3-5-14(16)10-12/h3-5,10-11,13,15H,2,6-9,17H2,1H3. The molecule has 0 aromatic heterocycles. The normalized spacial score (nSPS) is 29.2. The third kappa shape index (κ3) is 3.46. The van der Waals surface area contributed by atoms with Crippen LogP contribution < -0.4 is 5.73 Å². The van der Waals surface area contributed by atoms with E-state index in [1.165, 1.54) is 31.2 Å². The van der Waals surface area contributed by atoms with E-state index in [1.54, 1.807) is 0 Å². The van der Waals surface area contributed by atoms with Crippen LogP contribution in [-0.4, -0.2) is 6.04 Å². The summed E-state index contributed by atoms with van der Waals surface area (Å²) in [6, 6.07) is 8.57. The lowest BCUT2D eigenvalue weighted by molar-refractivity contribution is 0.227. The molecule has 0 saturated heterocycles. The summed E-state index contributed by atoms with van der Waals surface area (Å²) in [7, 11) is 0. The maximum Gasteiger partial charge on any atom is 0.0408 e. The first kappa shape index (κ1) is 12.9. The molecule has 1 aliphatic rings. The van der Waals surface area contributed by atoms with Gasteiger partial charge < -0.3 is 5.73 Å². The van der Waals surface area contributed by atoms with Crippen LogP contribution in [-0.2, 0) is 6.42 Å². The molecule has 0 bridgehead atoms. The average molecular weight is 252 g/mol. The fourth-order valence-electron chi connectivity index (χ4n) is 2.96. The Bertz CT molecular complexity index is 364. The molecule has 1 nitrogen and oxygen atoms in total. The minimum absolute atomic E-state index is 0.372. The van der Waals surface area contributed by atoms with Crippen molar-refractivity contribution in [1.29, 1.82) is 0 Å². The van der Waals surface area contributed by atoms with Crippen LogP contribution in [0.25, 0.3) is 0 Å². The van der Waals surface area contributed by atoms with Crippen LogP contribution in [0.3, 0.4) is 0 Å². The molecule has 0 aliphatic heterocycles. The van der Waals surface area contributed by atoms with Gasteiger partial charge in [-0.3, -0.25) is 0 Å². The molecule has 2 heteroatoms. The monoisotopic (exact) mass is 251 g/mol. The Morgan fingerprint density at radius 3 is 2.88 bits per heavy atom. The first-order valence-corrected chi connectivity index (χ1v) is 7.07. The molecule has 17 heavy (non-hydrogen) atoms. The second-order valence-corrected chi connectivity index (χ2v) is 5.78. The van der Waals surface area contributed by atoms with Gasteiger partial charge in [-0.2, -0.15) is 0 Å². The van der Waals surface area contributed by atoms with Crippen molar-refractivity contribution in [2.45, 2.75) is 45.1 Å². The third-order valence-electron chi connectivity index (χ3n) is 4.11. The molecule has 1 saturated carbocycles. The second-order valence-electron chi connectivity index (χ2n) is 5.35. The first-order valence-electron chi connectivity index (χ1n) is 6.69. The number of benzene rings is 1. The second kappa shape index (κ2) is 5.88. The highest BCUT2D eigenvalue weighted by Gasteiger charge is 2.27. The van der Waals surface area contributed by atoms with Crippen molar-refractivity contribution in [2.24, 2.45) is 17.6 Å². The van der Waals surface area contributed by atoms with E-state index in [9.17, 15) is 0 Å². The number of hydrogen-bond donors (Lipinski definition) is 1. The lowest BCUT2D eigenvalue weighted by Crippen LogP contribution is -2.37. The molecule has 0 spiro atoms. The maximum atomic E-state index is 6.25. The summed E-state index contributed by atoms with van der Waals surface area (Å²) < 4.78 is 0. The Kier molecular flexibility index (Phi) is 4.47. The van der Waals surface area contributed by atoms with Crippen molar-refractivity contribution in [3.63, 3.8) is 0 Å². The highest BCUT2D eigenvalue weighted by atomic mass is 35.5. The average Bonchev–Trinajstić information content (AvgIpc) is 2.32. The van der Waals surface area contributed by atoms with E-state index in [0.717, 1.165) is 17.4 Å². The van der Waals surface area contributed by atoms with Crippen LogP contribution in [0.4, 0.5) is 0 Å². The molecule has 1 aromatic carbocycles. The zero-order valence-electron chi connectivity index (χ0n) is 10.5. The molecule has 0 amide bonds.